The lowest BCUT2D eigenvalue weighted by molar-refractivity contribution is 0.0518. The number of carbonyl (C=O) groups is 1. The third-order valence-corrected chi connectivity index (χ3v) is 6.07. The van der Waals surface area contributed by atoms with Crippen molar-refractivity contribution >= 4 is 17.9 Å². The Hall–Kier alpha value is -3.67. The summed E-state index contributed by atoms with van der Waals surface area (Å²) >= 11 is 0. The summed E-state index contributed by atoms with van der Waals surface area (Å²) in [5, 5.41) is 8.26. The van der Waals surface area contributed by atoms with Crippen LogP contribution in [0, 0.1) is 0 Å². The summed E-state index contributed by atoms with van der Waals surface area (Å²) < 4.78 is 11.5. The number of benzene rings is 2. The molecule has 162 valence electrons. The van der Waals surface area contributed by atoms with Crippen molar-refractivity contribution in [1.82, 2.24) is 10.2 Å². The molecule has 3 aromatic rings. The largest absolute Gasteiger partial charge is 0.482 e. The first-order valence-corrected chi connectivity index (χ1v) is 11.0. The summed E-state index contributed by atoms with van der Waals surface area (Å²) in [7, 11) is 0. The smallest absolute Gasteiger partial charge is 0.358 e. The molecule has 2 aliphatic rings. The van der Waals surface area contributed by atoms with Gasteiger partial charge in [0.2, 0.25) is 0 Å². The van der Waals surface area contributed by atoms with Gasteiger partial charge in [0.1, 0.15) is 11.4 Å². The summed E-state index contributed by atoms with van der Waals surface area (Å²) in [4.78, 5) is 14.0. The molecule has 3 heterocycles. The molecule has 2 aliphatic heterocycles. The van der Waals surface area contributed by atoms with Crippen molar-refractivity contribution in [2.24, 2.45) is 0 Å². The fourth-order valence-electron chi connectivity index (χ4n) is 4.27. The maximum Gasteiger partial charge on any atom is 0.358 e. The van der Waals surface area contributed by atoms with Crippen LogP contribution in [-0.2, 0) is 4.74 Å². The normalized spacial score (nSPS) is 16.3. The number of ether oxygens (including phenoxy) is 2. The predicted octanol–water partition coefficient (Wildman–Crippen LogP) is 4.77. The first-order valence-electron chi connectivity index (χ1n) is 11.0. The molecule has 0 saturated carbocycles. The minimum absolute atomic E-state index is 0.231. The van der Waals surface area contributed by atoms with Crippen molar-refractivity contribution in [3.8, 4) is 16.9 Å². The molecule has 0 atom stereocenters. The van der Waals surface area contributed by atoms with E-state index in [2.05, 4.69) is 69.7 Å². The molecule has 0 unspecified atom stereocenters. The average molecular weight is 428 g/mol. The molecule has 0 radical (unpaired) electrons. The Morgan fingerprint density at radius 1 is 1.03 bits per heavy atom. The van der Waals surface area contributed by atoms with Crippen LogP contribution in [0.3, 0.4) is 0 Å². The second-order valence-corrected chi connectivity index (χ2v) is 8.10. The van der Waals surface area contributed by atoms with Gasteiger partial charge in [-0.05, 0) is 48.4 Å². The van der Waals surface area contributed by atoms with Crippen LogP contribution in [0.25, 0.3) is 17.2 Å². The van der Waals surface area contributed by atoms with Crippen molar-refractivity contribution in [2.75, 3.05) is 24.6 Å². The number of carbonyl (C=O) groups excluding carboxylic acids is 1. The Morgan fingerprint density at radius 2 is 1.84 bits per heavy atom. The van der Waals surface area contributed by atoms with Gasteiger partial charge < -0.3 is 14.4 Å². The van der Waals surface area contributed by atoms with Gasteiger partial charge in [0.15, 0.2) is 11.5 Å². The summed E-state index contributed by atoms with van der Waals surface area (Å²) in [5.41, 5.74) is 3.44. The zero-order chi connectivity index (χ0) is 22.0. The predicted molar refractivity (Wildman–Crippen MR) is 124 cm³/mol. The fraction of sp³-hybridized carbons (Fsp3) is 0.269. The van der Waals surface area contributed by atoms with Gasteiger partial charge in [-0.2, -0.15) is 0 Å². The lowest BCUT2D eigenvalue weighted by atomic mass is 9.87. The van der Waals surface area contributed by atoms with Gasteiger partial charge in [0.25, 0.3) is 0 Å². The van der Waals surface area contributed by atoms with Gasteiger partial charge in [-0.1, -0.05) is 42.5 Å². The zero-order valence-corrected chi connectivity index (χ0v) is 18.0. The van der Waals surface area contributed by atoms with E-state index in [0.717, 1.165) is 43.1 Å². The number of fused-ring (bicyclic) bond motifs is 1. The van der Waals surface area contributed by atoms with E-state index in [0.29, 0.717) is 6.61 Å². The van der Waals surface area contributed by atoms with Gasteiger partial charge in [-0.25, -0.2) is 4.79 Å². The minimum atomic E-state index is -0.445. The van der Waals surface area contributed by atoms with Gasteiger partial charge in [-0.3, -0.25) is 0 Å². The first kappa shape index (κ1) is 20.2. The van der Waals surface area contributed by atoms with Crippen LogP contribution >= 0.6 is 0 Å². The lowest BCUT2D eigenvalue weighted by Crippen LogP contribution is -2.48. The van der Waals surface area contributed by atoms with Crippen LogP contribution in [0.5, 0.6) is 5.75 Å². The Labute approximate surface area is 187 Å². The molecule has 0 aliphatic carbocycles. The third kappa shape index (κ3) is 3.96. The number of aromatic nitrogens is 2. The molecule has 5 rings (SSSR count). The number of piperidine rings is 1. The quantitative estimate of drug-likeness (QED) is 0.559. The number of esters is 1. The summed E-state index contributed by atoms with van der Waals surface area (Å²) in [6, 6.07) is 20.3. The highest BCUT2D eigenvalue weighted by atomic mass is 16.5. The molecule has 1 fully saturated rings. The molecule has 6 nitrogen and oxygen atoms in total. The molecule has 2 aromatic carbocycles. The van der Waals surface area contributed by atoms with Crippen LogP contribution in [0.4, 0.5) is 5.82 Å². The van der Waals surface area contributed by atoms with E-state index in [4.69, 9.17) is 9.47 Å². The second-order valence-electron chi connectivity index (χ2n) is 8.10. The number of hydrogen-bond donors (Lipinski definition) is 0. The van der Waals surface area contributed by atoms with E-state index in [9.17, 15) is 4.79 Å². The average Bonchev–Trinajstić information content (AvgIpc) is 2.85. The highest BCUT2D eigenvalue weighted by Gasteiger charge is 2.37. The molecule has 0 N–H and O–H groups in total. The maximum atomic E-state index is 11.8. The first-order chi connectivity index (χ1) is 15.7. The van der Waals surface area contributed by atoms with Crippen LogP contribution in [0.1, 0.15) is 35.8 Å². The van der Waals surface area contributed by atoms with E-state index >= 15 is 0 Å². The minimum Gasteiger partial charge on any atom is -0.482 e. The van der Waals surface area contributed by atoms with Gasteiger partial charge in [-0.15, -0.1) is 10.2 Å². The lowest BCUT2D eigenvalue weighted by Gasteiger charge is -2.42. The van der Waals surface area contributed by atoms with Gasteiger partial charge >= 0.3 is 5.97 Å². The SMILES string of the molecule is CCOC(=O)c1ccc(N2CCC3(C=Cc4cc(-c5ccccc5)ccc4O3)CC2)nn1. The molecule has 6 heteroatoms. The maximum absolute atomic E-state index is 11.8. The van der Waals surface area contributed by atoms with Crippen LogP contribution < -0.4 is 9.64 Å². The monoisotopic (exact) mass is 427 g/mol. The van der Waals surface area contributed by atoms with Crippen molar-refractivity contribution in [2.45, 2.75) is 25.4 Å². The summed E-state index contributed by atoms with van der Waals surface area (Å²) in [5.74, 6) is 1.25. The summed E-state index contributed by atoms with van der Waals surface area (Å²) in [6.45, 7) is 3.69. The zero-order valence-electron chi connectivity index (χ0n) is 18.0. The fourth-order valence-corrected chi connectivity index (χ4v) is 4.27. The number of nitrogens with zero attached hydrogens (tertiary/aromatic N) is 3. The molecule has 1 aromatic heterocycles. The van der Waals surface area contributed by atoms with E-state index in [-0.39, 0.29) is 11.3 Å². The molecular weight excluding hydrogens is 402 g/mol. The van der Waals surface area contributed by atoms with Gasteiger partial charge in [0, 0.05) is 31.5 Å². The van der Waals surface area contributed by atoms with Gasteiger partial charge in [0.05, 0.1) is 6.61 Å². The second kappa shape index (κ2) is 8.46. The number of rotatable bonds is 4. The Balaban J connectivity index is 1.26. The molecule has 32 heavy (non-hydrogen) atoms. The van der Waals surface area contributed by atoms with Crippen molar-refractivity contribution in [3.63, 3.8) is 0 Å². The Morgan fingerprint density at radius 3 is 2.56 bits per heavy atom. The van der Waals surface area contributed by atoms with E-state index in [1.165, 1.54) is 11.1 Å². The highest BCUT2D eigenvalue weighted by molar-refractivity contribution is 5.87. The van der Waals surface area contributed by atoms with Crippen LogP contribution in [0.2, 0.25) is 0 Å². The van der Waals surface area contributed by atoms with Crippen LogP contribution in [-0.4, -0.2) is 41.5 Å². The van der Waals surface area contributed by atoms with E-state index in [1.54, 1.807) is 13.0 Å². The molecule has 1 saturated heterocycles. The summed E-state index contributed by atoms with van der Waals surface area (Å²) in [6.07, 6.45) is 6.10. The molecule has 0 bridgehead atoms. The van der Waals surface area contributed by atoms with E-state index < -0.39 is 5.97 Å². The molecule has 0 amide bonds. The highest BCUT2D eigenvalue weighted by Crippen LogP contribution is 2.39. The standard InChI is InChI=1S/C26H25N3O3/c1-2-31-25(30)22-9-11-24(28-27-22)29-16-14-26(15-17-29)13-12-21-18-20(8-10-23(21)32-26)19-6-4-3-5-7-19/h3-13,18H,2,14-17H2,1H3. The number of hydrogen-bond acceptors (Lipinski definition) is 6. The van der Waals surface area contributed by atoms with Crippen molar-refractivity contribution < 1.29 is 14.3 Å². The molecule has 1 spiro atoms. The Bertz CT molecular complexity index is 1130. The topological polar surface area (TPSA) is 64.5 Å². The van der Waals surface area contributed by atoms with Crippen molar-refractivity contribution in [3.05, 3.63) is 78.0 Å². The van der Waals surface area contributed by atoms with Crippen molar-refractivity contribution in [1.29, 1.82) is 0 Å². The van der Waals surface area contributed by atoms with E-state index in [1.807, 2.05) is 12.1 Å². The van der Waals surface area contributed by atoms with Crippen LogP contribution in [0.15, 0.2) is 66.7 Å². The Kier molecular flexibility index (Phi) is 5.35. The molecular formula is C26H25N3O3. The number of anilines is 1. The third-order valence-electron chi connectivity index (χ3n) is 6.07.